The van der Waals surface area contributed by atoms with Crippen LogP contribution in [-0.4, -0.2) is 18.6 Å². The Morgan fingerprint density at radius 3 is 2.19 bits per heavy atom. The number of amides is 2. The summed E-state index contributed by atoms with van der Waals surface area (Å²) in [4.78, 5) is 25.2. The zero-order valence-electron chi connectivity index (χ0n) is 13.7. The van der Waals surface area contributed by atoms with Gasteiger partial charge in [0.1, 0.15) is 5.41 Å². The largest absolute Gasteiger partial charge is 0.454 e. The number of hydrogen-bond acceptors (Lipinski definition) is 5. The second kappa shape index (κ2) is 6.08. The number of ether oxygens (including phenoxy) is 2. The Morgan fingerprint density at radius 2 is 1.54 bits per heavy atom. The van der Waals surface area contributed by atoms with Crippen molar-refractivity contribution in [3.63, 3.8) is 0 Å². The van der Waals surface area contributed by atoms with Gasteiger partial charge in [0.15, 0.2) is 11.5 Å². The van der Waals surface area contributed by atoms with E-state index in [2.05, 4.69) is 10.6 Å². The summed E-state index contributed by atoms with van der Waals surface area (Å²) in [5.74, 6) is 0.500. The van der Waals surface area contributed by atoms with Crippen molar-refractivity contribution in [2.24, 2.45) is 5.41 Å². The van der Waals surface area contributed by atoms with Gasteiger partial charge in [-0.15, -0.1) is 0 Å². The molecule has 1 fully saturated rings. The van der Waals surface area contributed by atoms with Gasteiger partial charge in [-0.05, 0) is 49.2 Å². The van der Waals surface area contributed by atoms with Gasteiger partial charge in [-0.1, -0.05) is 0 Å². The van der Waals surface area contributed by atoms with Crippen molar-refractivity contribution in [2.45, 2.75) is 12.8 Å². The molecule has 0 unspecified atom stereocenters. The van der Waals surface area contributed by atoms with E-state index in [9.17, 15) is 9.59 Å². The minimum Gasteiger partial charge on any atom is -0.454 e. The Kier molecular flexibility index (Phi) is 3.73. The van der Waals surface area contributed by atoms with Crippen LogP contribution in [-0.2, 0) is 9.59 Å². The predicted molar refractivity (Wildman–Crippen MR) is 92.6 cm³/mol. The number of benzene rings is 2. The van der Waals surface area contributed by atoms with Crippen LogP contribution in [0.4, 0.5) is 11.4 Å². The zero-order chi connectivity index (χ0) is 18.1. The molecule has 2 N–H and O–H groups in total. The molecule has 0 bridgehead atoms. The van der Waals surface area contributed by atoms with Crippen LogP contribution in [0.1, 0.15) is 18.4 Å². The van der Waals surface area contributed by atoms with E-state index in [0.29, 0.717) is 41.3 Å². The monoisotopic (exact) mass is 349 g/mol. The molecule has 0 aromatic heterocycles. The van der Waals surface area contributed by atoms with Gasteiger partial charge in [-0.25, -0.2) is 0 Å². The highest BCUT2D eigenvalue weighted by Crippen LogP contribution is 2.47. The summed E-state index contributed by atoms with van der Waals surface area (Å²) in [6.07, 6.45) is 0.983. The molecule has 130 valence electrons. The summed E-state index contributed by atoms with van der Waals surface area (Å²) in [5.41, 5.74) is 0.544. The fourth-order valence-corrected chi connectivity index (χ4v) is 2.79. The van der Waals surface area contributed by atoms with Gasteiger partial charge >= 0.3 is 0 Å². The predicted octanol–water partition coefficient (Wildman–Crippen LogP) is 2.64. The third-order valence-corrected chi connectivity index (χ3v) is 4.52. The van der Waals surface area contributed by atoms with E-state index in [0.717, 1.165) is 0 Å². The number of carbonyl (C=O) groups excluding carboxylic acids is 2. The van der Waals surface area contributed by atoms with Crippen LogP contribution in [0.25, 0.3) is 0 Å². The van der Waals surface area contributed by atoms with Gasteiger partial charge < -0.3 is 20.1 Å². The number of nitrogens with zero attached hydrogens (tertiary/aromatic N) is 1. The highest BCUT2D eigenvalue weighted by atomic mass is 16.7. The maximum Gasteiger partial charge on any atom is 0.240 e. The molecule has 2 aliphatic rings. The first-order valence-electron chi connectivity index (χ1n) is 8.13. The lowest BCUT2D eigenvalue weighted by atomic mass is 10.0. The Hall–Kier alpha value is -3.53. The van der Waals surface area contributed by atoms with Crippen molar-refractivity contribution in [3.8, 4) is 17.6 Å². The van der Waals surface area contributed by atoms with Crippen molar-refractivity contribution in [1.29, 1.82) is 5.26 Å². The summed E-state index contributed by atoms with van der Waals surface area (Å²) in [7, 11) is 0. The van der Waals surface area contributed by atoms with Gasteiger partial charge in [0, 0.05) is 17.4 Å². The Bertz CT molecular complexity index is 927. The zero-order valence-corrected chi connectivity index (χ0v) is 13.7. The van der Waals surface area contributed by atoms with Crippen molar-refractivity contribution < 1.29 is 19.1 Å². The minimum atomic E-state index is -1.07. The van der Waals surface area contributed by atoms with Crippen LogP contribution in [0.15, 0.2) is 42.5 Å². The summed E-state index contributed by atoms with van der Waals surface area (Å²) in [6, 6.07) is 13.6. The van der Waals surface area contributed by atoms with Gasteiger partial charge in [0.25, 0.3) is 0 Å². The first kappa shape index (κ1) is 16.0. The molecule has 0 radical (unpaired) electrons. The molecular formula is C19H15N3O4. The van der Waals surface area contributed by atoms with Crippen LogP contribution in [0.5, 0.6) is 11.5 Å². The van der Waals surface area contributed by atoms with E-state index < -0.39 is 5.41 Å². The van der Waals surface area contributed by atoms with Crippen molar-refractivity contribution >= 4 is 23.2 Å². The molecule has 2 aromatic carbocycles. The maximum absolute atomic E-state index is 12.6. The molecule has 0 saturated heterocycles. The fourth-order valence-electron chi connectivity index (χ4n) is 2.79. The highest BCUT2D eigenvalue weighted by Gasteiger charge is 2.56. The Balaban J connectivity index is 1.44. The average molecular weight is 349 g/mol. The molecule has 7 heteroatoms. The van der Waals surface area contributed by atoms with Crippen LogP contribution in [0.2, 0.25) is 0 Å². The summed E-state index contributed by atoms with van der Waals surface area (Å²) >= 11 is 0. The van der Waals surface area contributed by atoms with Crippen molar-refractivity contribution in [1.82, 2.24) is 0 Å². The van der Waals surface area contributed by atoms with Gasteiger partial charge in [0.2, 0.25) is 18.6 Å². The fraction of sp³-hybridized carbons (Fsp3) is 0.211. The molecule has 4 rings (SSSR count). The van der Waals surface area contributed by atoms with Crippen LogP contribution >= 0.6 is 0 Å². The van der Waals surface area contributed by atoms with Crippen molar-refractivity contribution in [3.05, 3.63) is 48.0 Å². The van der Waals surface area contributed by atoms with E-state index >= 15 is 0 Å². The topological polar surface area (TPSA) is 100 Å². The second-order valence-corrected chi connectivity index (χ2v) is 6.25. The minimum absolute atomic E-state index is 0.156. The number of hydrogen-bond donors (Lipinski definition) is 2. The molecule has 7 nitrogen and oxygen atoms in total. The van der Waals surface area contributed by atoms with Gasteiger partial charge in [0.05, 0.1) is 11.6 Å². The molecule has 1 aliphatic heterocycles. The molecule has 1 heterocycles. The average Bonchev–Trinajstić information content (AvgIpc) is 3.35. The Labute approximate surface area is 149 Å². The molecule has 0 spiro atoms. The number of carbonyl (C=O) groups is 2. The van der Waals surface area contributed by atoms with E-state index in [1.807, 2.05) is 6.07 Å². The molecule has 1 saturated carbocycles. The van der Waals surface area contributed by atoms with E-state index in [4.69, 9.17) is 14.7 Å². The normalized spacial score (nSPS) is 15.7. The first-order valence-corrected chi connectivity index (χ1v) is 8.13. The number of anilines is 2. The Morgan fingerprint density at radius 1 is 0.923 bits per heavy atom. The third kappa shape index (κ3) is 2.82. The molecular weight excluding hydrogens is 334 g/mol. The molecule has 26 heavy (non-hydrogen) atoms. The van der Waals surface area contributed by atoms with Crippen LogP contribution in [0, 0.1) is 16.7 Å². The standard InChI is InChI=1S/C19H15N3O4/c20-10-12-1-3-13(4-2-12)21-17(23)19(7-8-19)18(24)22-14-5-6-15-16(9-14)26-11-25-15/h1-6,9H,7-8,11H2,(H,21,23)(H,22,24). The van der Waals surface area contributed by atoms with E-state index in [1.165, 1.54) is 0 Å². The lowest BCUT2D eigenvalue weighted by Gasteiger charge is -2.15. The summed E-state index contributed by atoms with van der Waals surface area (Å²) in [6.45, 7) is 0.156. The maximum atomic E-state index is 12.6. The molecule has 2 amide bonds. The number of nitriles is 1. The molecule has 1 aliphatic carbocycles. The second-order valence-electron chi connectivity index (χ2n) is 6.25. The van der Waals surface area contributed by atoms with Gasteiger partial charge in [-0.2, -0.15) is 5.26 Å². The summed E-state index contributed by atoms with van der Waals surface area (Å²) < 4.78 is 10.5. The molecule has 2 aromatic rings. The highest BCUT2D eigenvalue weighted by molar-refractivity contribution is 6.16. The number of fused-ring (bicyclic) bond motifs is 1. The van der Waals surface area contributed by atoms with Crippen molar-refractivity contribution in [2.75, 3.05) is 17.4 Å². The van der Waals surface area contributed by atoms with Crippen LogP contribution < -0.4 is 20.1 Å². The smallest absolute Gasteiger partial charge is 0.240 e. The quantitative estimate of drug-likeness (QED) is 0.827. The van der Waals surface area contributed by atoms with E-state index in [1.54, 1.807) is 42.5 Å². The number of rotatable bonds is 4. The van der Waals surface area contributed by atoms with Gasteiger partial charge in [-0.3, -0.25) is 9.59 Å². The number of nitrogens with one attached hydrogen (secondary N) is 2. The SMILES string of the molecule is N#Cc1ccc(NC(=O)C2(C(=O)Nc3ccc4c(c3)OCO4)CC2)cc1. The molecule has 0 atom stereocenters. The summed E-state index contributed by atoms with van der Waals surface area (Å²) in [5, 5.41) is 14.3. The lowest BCUT2D eigenvalue weighted by molar-refractivity contribution is -0.131. The van der Waals surface area contributed by atoms with E-state index in [-0.39, 0.29) is 18.6 Å². The first-order chi connectivity index (χ1) is 12.6. The third-order valence-electron chi connectivity index (χ3n) is 4.52. The van der Waals surface area contributed by atoms with Crippen LogP contribution in [0.3, 0.4) is 0 Å². The lowest BCUT2D eigenvalue weighted by Crippen LogP contribution is -2.35.